The molecule has 0 saturated heterocycles. The number of rotatable bonds is 14. The third kappa shape index (κ3) is 10.2. The van der Waals surface area contributed by atoms with Gasteiger partial charge in [0.2, 0.25) is 0 Å². The molecule has 0 aliphatic rings. The van der Waals surface area contributed by atoms with E-state index in [4.69, 9.17) is 28.4 Å². The summed E-state index contributed by atoms with van der Waals surface area (Å²) in [4.78, 5) is 40.6. The topological polar surface area (TPSA) is 107 Å². The van der Waals surface area contributed by atoms with Gasteiger partial charge in [-0.3, -0.25) is 14.4 Å². The van der Waals surface area contributed by atoms with Gasteiger partial charge < -0.3 is 28.4 Å². The second-order valence-electron chi connectivity index (χ2n) is 16.0. The van der Waals surface area contributed by atoms with Gasteiger partial charge in [0.05, 0.1) is 39.1 Å². The highest BCUT2D eigenvalue weighted by molar-refractivity contribution is 5.90. The lowest BCUT2D eigenvalue weighted by Gasteiger charge is -2.16. The summed E-state index contributed by atoms with van der Waals surface area (Å²) in [7, 11) is 4.88. The molecule has 3 atom stereocenters. The van der Waals surface area contributed by atoms with Gasteiger partial charge >= 0.3 is 17.9 Å². The third-order valence-corrected chi connectivity index (χ3v) is 11.7. The van der Waals surface area contributed by atoms with Crippen molar-refractivity contribution in [3.8, 4) is 34.5 Å². The maximum atomic E-state index is 13.7. The van der Waals surface area contributed by atoms with Crippen LogP contribution in [0.25, 0.3) is 44.5 Å². The Labute approximate surface area is 377 Å². The minimum absolute atomic E-state index is 0.215. The van der Waals surface area contributed by atoms with Crippen LogP contribution in [-0.4, -0.2) is 39.2 Å². The van der Waals surface area contributed by atoms with E-state index in [1.165, 1.54) is 0 Å². The zero-order chi connectivity index (χ0) is 45.6. The first-order valence-corrected chi connectivity index (χ1v) is 21.3. The number of ether oxygens (including phenoxy) is 6. The van der Waals surface area contributed by atoms with Crippen LogP contribution in [0.3, 0.4) is 0 Å². The fraction of sp³-hybridized carbons (Fsp3) is 0.161. The molecule has 0 aliphatic carbocycles. The van der Waals surface area contributed by atoms with Crippen molar-refractivity contribution in [3.63, 3.8) is 0 Å². The molecule has 0 spiro atoms. The van der Waals surface area contributed by atoms with Crippen molar-refractivity contribution in [2.24, 2.45) is 0 Å². The molecule has 0 fully saturated rings. The summed E-state index contributed by atoms with van der Waals surface area (Å²) >= 11 is 0. The number of hydrogen-bond acceptors (Lipinski definition) is 9. The smallest absolute Gasteiger partial charge is 0.318 e. The molecule has 0 amide bonds. The second kappa shape index (κ2) is 19.2. The molecule has 9 nitrogen and oxygen atoms in total. The van der Waals surface area contributed by atoms with Crippen molar-refractivity contribution in [1.29, 1.82) is 0 Å². The Balaban J connectivity index is 0.997. The fourth-order valence-corrected chi connectivity index (χ4v) is 7.58. The number of methoxy groups -OCH3 is 3. The first-order chi connectivity index (χ1) is 31.5. The van der Waals surface area contributed by atoms with Gasteiger partial charge in [-0.2, -0.15) is 0 Å². The van der Waals surface area contributed by atoms with Gasteiger partial charge in [-0.1, -0.05) is 97.1 Å². The lowest BCUT2D eigenvalue weighted by Crippen LogP contribution is -2.17. The first-order valence-electron chi connectivity index (χ1n) is 21.3. The quantitative estimate of drug-likeness (QED) is 0.0600. The van der Waals surface area contributed by atoms with Gasteiger partial charge in [0, 0.05) is 6.07 Å². The number of carbonyl (C=O) groups is 3. The number of carbonyl (C=O) groups excluding carboxylic acids is 3. The van der Waals surface area contributed by atoms with Crippen LogP contribution in [0.4, 0.5) is 0 Å². The average molecular weight is 865 g/mol. The molecule has 9 heteroatoms. The van der Waals surface area contributed by atoms with Crippen LogP contribution in [0.15, 0.2) is 152 Å². The van der Waals surface area contributed by atoms with E-state index in [0.717, 1.165) is 71.8 Å². The molecule has 3 unspecified atom stereocenters. The molecular formula is C56H48O9. The number of hydrogen-bond donors (Lipinski definition) is 0. The standard InChI is InChI=1S/C56H48O9/c1-34(39-11-14-45-30-49(60-4)22-17-42(45)27-39)54(57)63-48-20-9-37(10-21-48)7-8-38-25-52(64-55(58)35(2)40-12-15-46-31-50(61-5)23-18-43(46)28-40)33-53(26-38)65-56(59)36(3)41-13-16-47-32-51(62-6)24-19-44(47)29-41/h7-36H,1-6H3. The van der Waals surface area contributed by atoms with E-state index in [-0.39, 0.29) is 17.5 Å². The summed E-state index contributed by atoms with van der Waals surface area (Å²) in [5.41, 5.74) is 3.86. The summed E-state index contributed by atoms with van der Waals surface area (Å²) in [5.74, 6) is 0.0840. The van der Waals surface area contributed by atoms with Crippen molar-refractivity contribution in [2.45, 2.75) is 38.5 Å². The van der Waals surface area contributed by atoms with E-state index < -0.39 is 29.7 Å². The van der Waals surface area contributed by atoms with E-state index in [2.05, 4.69) is 0 Å². The number of fused-ring (bicyclic) bond motifs is 3. The van der Waals surface area contributed by atoms with Crippen LogP contribution in [0.1, 0.15) is 66.3 Å². The maximum Gasteiger partial charge on any atom is 0.318 e. The Morgan fingerprint density at radius 3 is 1.02 bits per heavy atom. The zero-order valence-electron chi connectivity index (χ0n) is 37.0. The normalized spacial score (nSPS) is 12.7. The molecular weight excluding hydrogens is 817 g/mol. The van der Waals surface area contributed by atoms with Gasteiger partial charge in [0.15, 0.2) is 0 Å². The molecule has 0 aliphatic heterocycles. The average Bonchev–Trinajstić information content (AvgIpc) is 3.34. The Bertz CT molecular complexity index is 2970. The molecule has 0 saturated carbocycles. The Kier molecular flexibility index (Phi) is 12.9. The fourth-order valence-electron chi connectivity index (χ4n) is 7.58. The van der Waals surface area contributed by atoms with Crippen LogP contribution in [0.5, 0.6) is 34.5 Å². The predicted molar refractivity (Wildman–Crippen MR) is 255 cm³/mol. The molecule has 0 radical (unpaired) electrons. The van der Waals surface area contributed by atoms with E-state index >= 15 is 0 Å². The maximum absolute atomic E-state index is 13.7. The van der Waals surface area contributed by atoms with Gasteiger partial charge in [-0.25, -0.2) is 0 Å². The molecule has 0 bridgehead atoms. The molecule has 0 N–H and O–H groups in total. The minimum atomic E-state index is -0.604. The van der Waals surface area contributed by atoms with E-state index in [1.54, 1.807) is 65.5 Å². The molecule has 0 aromatic heterocycles. The highest BCUT2D eigenvalue weighted by atomic mass is 16.5. The zero-order valence-corrected chi connectivity index (χ0v) is 37.0. The van der Waals surface area contributed by atoms with Crippen molar-refractivity contribution in [1.82, 2.24) is 0 Å². The van der Waals surface area contributed by atoms with E-state index in [9.17, 15) is 14.4 Å². The largest absolute Gasteiger partial charge is 0.497 e. The lowest BCUT2D eigenvalue weighted by atomic mass is 9.97. The minimum Gasteiger partial charge on any atom is -0.497 e. The Morgan fingerprint density at radius 2 is 0.646 bits per heavy atom. The summed E-state index contributed by atoms with van der Waals surface area (Å²) in [6, 6.07) is 47.0. The first kappa shape index (κ1) is 43.7. The van der Waals surface area contributed by atoms with Crippen LogP contribution < -0.4 is 28.4 Å². The summed E-state index contributed by atoms with van der Waals surface area (Å²) < 4.78 is 33.8. The van der Waals surface area contributed by atoms with Gasteiger partial charge in [0.1, 0.15) is 34.5 Å². The Hall–Kier alpha value is -7.91. The molecule has 8 aromatic carbocycles. The summed E-state index contributed by atoms with van der Waals surface area (Å²) in [5, 5.41) is 5.93. The summed E-state index contributed by atoms with van der Waals surface area (Å²) in [6.45, 7) is 5.41. The van der Waals surface area contributed by atoms with Crippen molar-refractivity contribution in [3.05, 3.63) is 179 Å². The van der Waals surface area contributed by atoms with E-state index in [1.807, 2.05) is 140 Å². The molecule has 0 heterocycles. The highest BCUT2D eigenvalue weighted by Gasteiger charge is 2.22. The van der Waals surface area contributed by atoms with Crippen molar-refractivity contribution >= 4 is 62.4 Å². The van der Waals surface area contributed by atoms with E-state index in [0.29, 0.717) is 11.3 Å². The predicted octanol–water partition coefficient (Wildman–Crippen LogP) is 12.5. The monoisotopic (exact) mass is 864 g/mol. The van der Waals surface area contributed by atoms with Gasteiger partial charge in [-0.15, -0.1) is 0 Å². The number of esters is 3. The molecule has 326 valence electrons. The summed E-state index contributed by atoms with van der Waals surface area (Å²) in [6.07, 6.45) is 3.69. The van der Waals surface area contributed by atoms with Crippen LogP contribution in [0, 0.1) is 0 Å². The SMILES string of the molecule is COc1ccc2cc(C(C)C(=O)Oc3ccc(C=Cc4cc(OC(=O)C(C)c5ccc6cc(OC)ccc6c5)cc(OC(=O)C(C)c5ccc6cc(OC)ccc6c5)c4)cc3)ccc2c1. The lowest BCUT2D eigenvalue weighted by molar-refractivity contribution is -0.136. The second-order valence-corrected chi connectivity index (χ2v) is 16.0. The van der Waals surface area contributed by atoms with Crippen molar-refractivity contribution in [2.75, 3.05) is 21.3 Å². The number of benzene rings is 8. The highest BCUT2D eigenvalue weighted by Crippen LogP contribution is 2.32. The molecule has 65 heavy (non-hydrogen) atoms. The van der Waals surface area contributed by atoms with Gasteiger partial charge in [0.25, 0.3) is 0 Å². The van der Waals surface area contributed by atoms with Crippen LogP contribution in [0.2, 0.25) is 0 Å². The van der Waals surface area contributed by atoms with Crippen LogP contribution >= 0.6 is 0 Å². The third-order valence-electron chi connectivity index (χ3n) is 11.7. The molecule has 8 rings (SSSR count). The molecule has 8 aromatic rings. The van der Waals surface area contributed by atoms with Crippen molar-refractivity contribution < 1.29 is 42.8 Å². The van der Waals surface area contributed by atoms with Crippen LogP contribution in [-0.2, 0) is 14.4 Å². The Morgan fingerprint density at radius 1 is 0.338 bits per heavy atom. The van der Waals surface area contributed by atoms with Gasteiger partial charge in [-0.05, 0) is 142 Å².